The third kappa shape index (κ3) is 1.96. The van der Waals surface area contributed by atoms with Gasteiger partial charge in [-0.2, -0.15) is 4.98 Å². The molecule has 0 fully saturated rings. The first-order valence-corrected chi connectivity index (χ1v) is 4.72. The SMILES string of the molecule is CC(C)c1ccc(-c2nc(N)no2)cn1. The van der Waals surface area contributed by atoms with E-state index in [4.69, 9.17) is 10.3 Å². The lowest BCUT2D eigenvalue weighted by Gasteiger charge is -2.03. The highest BCUT2D eigenvalue weighted by Gasteiger charge is 2.07. The molecule has 2 aromatic heterocycles. The highest BCUT2D eigenvalue weighted by atomic mass is 16.5. The molecule has 2 aromatic rings. The normalized spacial score (nSPS) is 10.9. The Morgan fingerprint density at radius 3 is 2.60 bits per heavy atom. The minimum absolute atomic E-state index is 0.137. The van der Waals surface area contributed by atoms with E-state index in [-0.39, 0.29) is 5.95 Å². The van der Waals surface area contributed by atoms with Crippen LogP contribution in [0.5, 0.6) is 0 Å². The zero-order valence-electron chi connectivity index (χ0n) is 8.64. The second-order valence-corrected chi connectivity index (χ2v) is 3.58. The van der Waals surface area contributed by atoms with Gasteiger partial charge in [-0.05, 0) is 23.2 Å². The molecule has 78 valence electrons. The lowest BCUT2D eigenvalue weighted by atomic mass is 10.1. The summed E-state index contributed by atoms with van der Waals surface area (Å²) in [6.07, 6.45) is 1.71. The topological polar surface area (TPSA) is 77.8 Å². The smallest absolute Gasteiger partial charge is 0.261 e. The minimum atomic E-state index is 0.137. The van der Waals surface area contributed by atoms with Crippen molar-refractivity contribution in [2.45, 2.75) is 19.8 Å². The van der Waals surface area contributed by atoms with Gasteiger partial charge < -0.3 is 10.3 Å². The van der Waals surface area contributed by atoms with Gasteiger partial charge in [-0.3, -0.25) is 4.98 Å². The second kappa shape index (κ2) is 3.68. The summed E-state index contributed by atoms with van der Waals surface area (Å²) in [6, 6.07) is 3.84. The highest BCUT2D eigenvalue weighted by Crippen LogP contribution is 2.19. The number of nitrogens with zero attached hydrogens (tertiary/aromatic N) is 3. The predicted molar refractivity (Wildman–Crippen MR) is 56.0 cm³/mol. The summed E-state index contributed by atoms with van der Waals surface area (Å²) in [6.45, 7) is 4.18. The Morgan fingerprint density at radius 1 is 1.33 bits per heavy atom. The van der Waals surface area contributed by atoms with Crippen molar-refractivity contribution in [3.63, 3.8) is 0 Å². The molecule has 5 nitrogen and oxygen atoms in total. The fraction of sp³-hybridized carbons (Fsp3) is 0.300. The van der Waals surface area contributed by atoms with E-state index >= 15 is 0 Å². The quantitative estimate of drug-likeness (QED) is 0.807. The fourth-order valence-electron chi connectivity index (χ4n) is 1.23. The first-order valence-electron chi connectivity index (χ1n) is 4.72. The van der Waals surface area contributed by atoms with E-state index in [1.165, 1.54) is 0 Å². The van der Waals surface area contributed by atoms with Gasteiger partial charge in [0.1, 0.15) is 0 Å². The summed E-state index contributed by atoms with van der Waals surface area (Å²) in [5, 5.41) is 3.51. The standard InChI is InChI=1S/C10H12N4O/c1-6(2)8-4-3-7(5-12-8)9-13-10(11)14-15-9/h3-6H,1-2H3,(H2,11,14). The van der Waals surface area contributed by atoms with E-state index in [2.05, 4.69) is 29.0 Å². The van der Waals surface area contributed by atoms with E-state index in [9.17, 15) is 0 Å². The molecule has 15 heavy (non-hydrogen) atoms. The molecule has 0 unspecified atom stereocenters. The molecule has 0 radical (unpaired) electrons. The first-order chi connectivity index (χ1) is 7.16. The van der Waals surface area contributed by atoms with Gasteiger partial charge in [0.25, 0.3) is 11.8 Å². The molecule has 0 saturated heterocycles. The summed E-state index contributed by atoms with van der Waals surface area (Å²) < 4.78 is 4.92. The van der Waals surface area contributed by atoms with Crippen molar-refractivity contribution in [1.29, 1.82) is 0 Å². The van der Waals surface area contributed by atoms with Crippen molar-refractivity contribution >= 4 is 5.95 Å². The van der Waals surface area contributed by atoms with Crippen LogP contribution in [0.4, 0.5) is 5.95 Å². The molecule has 0 aliphatic carbocycles. The Labute approximate surface area is 87.3 Å². The van der Waals surface area contributed by atoms with Crippen molar-refractivity contribution in [2.75, 3.05) is 5.73 Å². The van der Waals surface area contributed by atoms with Crippen LogP contribution in [0.1, 0.15) is 25.5 Å². The van der Waals surface area contributed by atoms with Gasteiger partial charge >= 0.3 is 0 Å². The lowest BCUT2D eigenvalue weighted by molar-refractivity contribution is 0.433. The number of hydrogen-bond acceptors (Lipinski definition) is 5. The van der Waals surface area contributed by atoms with Crippen LogP contribution in [-0.2, 0) is 0 Å². The molecule has 0 atom stereocenters. The molecule has 0 amide bonds. The van der Waals surface area contributed by atoms with Crippen molar-refractivity contribution in [3.05, 3.63) is 24.0 Å². The van der Waals surface area contributed by atoms with Gasteiger partial charge in [0.2, 0.25) is 0 Å². The predicted octanol–water partition coefficient (Wildman–Crippen LogP) is 1.84. The van der Waals surface area contributed by atoms with Crippen LogP contribution in [0.3, 0.4) is 0 Å². The maximum atomic E-state index is 5.36. The molecular weight excluding hydrogens is 192 g/mol. The number of nitrogens with two attached hydrogens (primary N) is 1. The molecule has 5 heteroatoms. The number of rotatable bonds is 2. The summed E-state index contributed by atoms with van der Waals surface area (Å²) in [7, 11) is 0. The molecule has 0 aliphatic rings. The van der Waals surface area contributed by atoms with Crippen molar-refractivity contribution < 1.29 is 4.52 Å². The summed E-state index contributed by atoms with van der Waals surface area (Å²) in [4.78, 5) is 8.21. The van der Waals surface area contributed by atoms with Gasteiger partial charge in [-0.1, -0.05) is 13.8 Å². The third-order valence-electron chi connectivity index (χ3n) is 2.07. The van der Waals surface area contributed by atoms with Crippen LogP contribution in [0.25, 0.3) is 11.5 Å². The maximum absolute atomic E-state index is 5.36. The summed E-state index contributed by atoms with van der Waals surface area (Å²) in [5.41, 5.74) is 7.17. The van der Waals surface area contributed by atoms with Crippen LogP contribution >= 0.6 is 0 Å². The van der Waals surface area contributed by atoms with Crippen LogP contribution in [0.2, 0.25) is 0 Å². The van der Waals surface area contributed by atoms with Gasteiger partial charge in [0.05, 0.1) is 5.56 Å². The Bertz CT molecular complexity index is 447. The van der Waals surface area contributed by atoms with E-state index < -0.39 is 0 Å². The van der Waals surface area contributed by atoms with Crippen LogP contribution in [0, 0.1) is 0 Å². The van der Waals surface area contributed by atoms with E-state index in [0.717, 1.165) is 11.3 Å². The Balaban J connectivity index is 2.31. The van der Waals surface area contributed by atoms with E-state index in [1.807, 2.05) is 12.1 Å². The first kappa shape index (κ1) is 9.64. The van der Waals surface area contributed by atoms with Crippen molar-refractivity contribution in [1.82, 2.24) is 15.1 Å². The van der Waals surface area contributed by atoms with Crippen LogP contribution in [0.15, 0.2) is 22.9 Å². The fourth-order valence-corrected chi connectivity index (χ4v) is 1.23. The molecule has 2 heterocycles. The lowest BCUT2D eigenvalue weighted by Crippen LogP contribution is -1.92. The molecule has 2 N–H and O–H groups in total. The Hall–Kier alpha value is -1.91. The van der Waals surface area contributed by atoms with Gasteiger partial charge in [0, 0.05) is 11.9 Å². The molecule has 2 rings (SSSR count). The number of hydrogen-bond donors (Lipinski definition) is 1. The molecule has 0 bridgehead atoms. The van der Waals surface area contributed by atoms with Crippen LogP contribution in [-0.4, -0.2) is 15.1 Å². The average Bonchev–Trinajstić information content (AvgIpc) is 2.65. The second-order valence-electron chi connectivity index (χ2n) is 3.58. The maximum Gasteiger partial charge on any atom is 0.261 e. The van der Waals surface area contributed by atoms with E-state index in [0.29, 0.717) is 11.8 Å². The van der Waals surface area contributed by atoms with Crippen molar-refractivity contribution in [2.24, 2.45) is 0 Å². The summed E-state index contributed by atoms with van der Waals surface area (Å²) in [5.74, 6) is 0.944. The zero-order chi connectivity index (χ0) is 10.8. The third-order valence-corrected chi connectivity index (χ3v) is 2.07. The molecular formula is C10H12N4O. The summed E-state index contributed by atoms with van der Waals surface area (Å²) >= 11 is 0. The van der Waals surface area contributed by atoms with Crippen LogP contribution < -0.4 is 5.73 Å². The van der Waals surface area contributed by atoms with Gasteiger partial charge in [-0.25, -0.2) is 0 Å². The Morgan fingerprint density at radius 2 is 2.13 bits per heavy atom. The van der Waals surface area contributed by atoms with Gasteiger partial charge in [0.15, 0.2) is 0 Å². The number of aromatic nitrogens is 3. The molecule has 0 aliphatic heterocycles. The zero-order valence-corrected chi connectivity index (χ0v) is 8.64. The average molecular weight is 204 g/mol. The molecule has 0 aromatic carbocycles. The number of anilines is 1. The Kier molecular flexibility index (Phi) is 2.37. The number of nitrogen functional groups attached to an aromatic ring is 1. The monoisotopic (exact) mass is 204 g/mol. The molecule has 0 saturated carbocycles. The largest absolute Gasteiger partial charge is 0.365 e. The van der Waals surface area contributed by atoms with Gasteiger partial charge in [-0.15, -0.1) is 0 Å². The van der Waals surface area contributed by atoms with Crippen molar-refractivity contribution in [3.8, 4) is 11.5 Å². The number of pyridine rings is 1. The van der Waals surface area contributed by atoms with E-state index in [1.54, 1.807) is 6.20 Å². The molecule has 0 spiro atoms. The minimum Gasteiger partial charge on any atom is -0.365 e. The highest BCUT2D eigenvalue weighted by molar-refractivity contribution is 5.52.